The highest BCUT2D eigenvalue weighted by Crippen LogP contribution is 2.18. The molecule has 0 atom stereocenters. The standard InChI is InChI=1S/C13H17N3O3/c1-9-4-7-16(8-5-9)13(19)15-11-10(12(17)18)3-2-6-14-11/h2-3,6,9H,4-5,7-8H2,1H3,(H,17,18)(H,14,15,19). The van der Waals surface area contributed by atoms with E-state index in [1.165, 1.54) is 18.3 Å². The smallest absolute Gasteiger partial charge is 0.339 e. The Balaban J connectivity index is 2.05. The van der Waals surface area contributed by atoms with Gasteiger partial charge in [0, 0.05) is 19.3 Å². The molecule has 0 unspecified atom stereocenters. The second-order valence-electron chi connectivity index (χ2n) is 4.80. The molecule has 2 amide bonds. The normalized spacial score (nSPS) is 16.2. The molecule has 2 heterocycles. The topological polar surface area (TPSA) is 82.5 Å². The molecular formula is C13H17N3O3. The first-order valence-corrected chi connectivity index (χ1v) is 6.32. The van der Waals surface area contributed by atoms with E-state index in [9.17, 15) is 9.59 Å². The van der Waals surface area contributed by atoms with Gasteiger partial charge in [-0.15, -0.1) is 0 Å². The first-order chi connectivity index (χ1) is 9.08. The summed E-state index contributed by atoms with van der Waals surface area (Å²) in [6.45, 7) is 3.56. The number of pyridine rings is 1. The minimum Gasteiger partial charge on any atom is -0.478 e. The number of aromatic nitrogens is 1. The van der Waals surface area contributed by atoms with Gasteiger partial charge in [-0.1, -0.05) is 6.92 Å². The van der Waals surface area contributed by atoms with Crippen LogP contribution >= 0.6 is 0 Å². The van der Waals surface area contributed by atoms with E-state index in [0.29, 0.717) is 19.0 Å². The van der Waals surface area contributed by atoms with Gasteiger partial charge in [-0.2, -0.15) is 0 Å². The summed E-state index contributed by atoms with van der Waals surface area (Å²) < 4.78 is 0. The number of carboxylic acid groups (broad SMARTS) is 1. The van der Waals surface area contributed by atoms with Crippen LogP contribution in [-0.2, 0) is 0 Å². The van der Waals surface area contributed by atoms with Crippen LogP contribution in [0.15, 0.2) is 18.3 Å². The van der Waals surface area contributed by atoms with Crippen LogP contribution < -0.4 is 5.32 Å². The highest BCUT2D eigenvalue weighted by Gasteiger charge is 2.22. The number of likely N-dealkylation sites (tertiary alicyclic amines) is 1. The third-order valence-electron chi connectivity index (χ3n) is 3.33. The number of urea groups is 1. The van der Waals surface area contributed by atoms with Crippen LogP contribution in [0.4, 0.5) is 10.6 Å². The van der Waals surface area contributed by atoms with Crippen LogP contribution in [0.3, 0.4) is 0 Å². The lowest BCUT2D eigenvalue weighted by Gasteiger charge is -2.30. The maximum atomic E-state index is 12.0. The minimum atomic E-state index is -1.10. The van der Waals surface area contributed by atoms with Crippen molar-refractivity contribution in [2.24, 2.45) is 5.92 Å². The van der Waals surface area contributed by atoms with Crippen molar-refractivity contribution in [1.29, 1.82) is 0 Å². The van der Waals surface area contributed by atoms with Crippen LogP contribution in [0, 0.1) is 5.92 Å². The minimum absolute atomic E-state index is 0.00114. The molecule has 0 aromatic carbocycles. The van der Waals surface area contributed by atoms with Crippen molar-refractivity contribution in [1.82, 2.24) is 9.88 Å². The van der Waals surface area contributed by atoms with Gasteiger partial charge in [0.15, 0.2) is 0 Å². The Bertz CT molecular complexity index is 482. The fourth-order valence-corrected chi connectivity index (χ4v) is 2.07. The van der Waals surface area contributed by atoms with Gasteiger partial charge in [0.1, 0.15) is 11.4 Å². The number of carbonyl (C=O) groups excluding carboxylic acids is 1. The van der Waals surface area contributed by atoms with Gasteiger partial charge in [-0.3, -0.25) is 5.32 Å². The molecule has 0 spiro atoms. The Labute approximate surface area is 111 Å². The predicted octanol–water partition coefficient (Wildman–Crippen LogP) is 2.04. The van der Waals surface area contributed by atoms with Gasteiger partial charge in [0.05, 0.1) is 0 Å². The van der Waals surface area contributed by atoms with E-state index in [-0.39, 0.29) is 17.4 Å². The highest BCUT2D eigenvalue weighted by atomic mass is 16.4. The van der Waals surface area contributed by atoms with Crippen LogP contribution in [0.2, 0.25) is 0 Å². The van der Waals surface area contributed by atoms with Gasteiger partial charge in [0.25, 0.3) is 0 Å². The third kappa shape index (κ3) is 3.21. The monoisotopic (exact) mass is 263 g/mol. The van der Waals surface area contributed by atoms with Crippen molar-refractivity contribution in [2.75, 3.05) is 18.4 Å². The molecule has 19 heavy (non-hydrogen) atoms. The number of piperidine rings is 1. The Morgan fingerprint density at radius 1 is 1.42 bits per heavy atom. The quantitative estimate of drug-likeness (QED) is 0.855. The Morgan fingerprint density at radius 2 is 2.11 bits per heavy atom. The summed E-state index contributed by atoms with van der Waals surface area (Å²) in [7, 11) is 0. The second-order valence-corrected chi connectivity index (χ2v) is 4.80. The van der Waals surface area contributed by atoms with Gasteiger partial charge in [0.2, 0.25) is 0 Å². The van der Waals surface area contributed by atoms with E-state index in [1.54, 1.807) is 4.90 Å². The first-order valence-electron chi connectivity index (χ1n) is 6.32. The van der Waals surface area contributed by atoms with Crippen molar-refractivity contribution in [3.05, 3.63) is 23.9 Å². The molecule has 2 rings (SSSR count). The van der Waals surface area contributed by atoms with E-state index >= 15 is 0 Å². The van der Waals surface area contributed by atoms with E-state index in [2.05, 4.69) is 17.2 Å². The van der Waals surface area contributed by atoms with Crippen molar-refractivity contribution in [2.45, 2.75) is 19.8 Å². The van der Waals surface area contributed by atoms with Gasteiger partial charge in [-0.25, -0.2) is 14.6 Å². The van der Waals surface area contributed by atoms with E-state index in [0.717, 1.165) is 12.8 Å². The number of carbonyl (C=O) groups is 2. The zero-order chi connectivity index (χ0) is 13.8. The Hall–Kier alpha value is -2.11. The molecule has 1 saturated heterocycles. The summed E-state index contributed by atoms with van der Waals surface area (Å²) in [5.41, 5.74) is 0.00114. The lowest BCUT2D eigenvalue weighted by atomic mass is 10.00. The van der Waals surface area contributed by atoms with Crippen LogP contribution in [0.1, 0.15) is 30.1 Å². The average Bonchev–Trinajstić information content (AvgIpc) is 2.39. The highest BCUT2D eigenvalue weighted by molar-refractivity contribution is 5.98. The number of amides is 2. The number of carboxylic acids is 1. The fourth-order valence-electron chi connectivity index (χ4n) is 2.07. The molecule has 6 heteroatoms. The Kier molecular flexibility index (Phi) is 3.99. The van der Waals surface area contributed by atoms with Crippen molar-refractivity contribution >= 4 is 17.8 Å². The van der Waals surface area contributed by atoms with Crippen molar-refractivity contribution in [3.63, 3.8) is 0 Å². The van der Waals surface area contributed by atoms with Gasteiger partial charge < -0.3 is 10.0 Å². The molecular weight excluding hydrogens is 246 g/mol. The summed E-state index contributed by atoms with van der Waals surface area (Å²) in [6.07, 6.45) is 3.41. The number of hydrogen-bond donors (Lipinski definition) is 2. The zero-order valence-corrected chi connectivity index (χ0v) is 10.8. The number of rotatable bonds is 2. The maximum absolute atomic E-state index is 12.0. The fraction of sp³-hybridized carbons (Fsp3) is 0.462. The number of hydrogen-bond acceptors (Lipinski definition) is 3. The van der Waals surface area contributed by atoms with Gasteiger partial charge >= 0.3 is 12.0 Å². The molecule has 0 radical (unpaired) electrons. The van der Waals surface area contributed by atoms with Crippen LogP contribution in [0.5, 0.6) is 0 Å². The molecule has 0 bridgehead atoms. The maximum Gasteiger partial charge on any atom is 0.339 e. The summed E-state index contributed by atoms with van der Waals surface area (Å²) in [5, 5.41) is 11.6. The molecule has 1 aromatic rings. The average molecular weight is 263 g/mol. The van der Waals surface area contributed by atoms with E-state index in [4.69, 9.17) is 5.11 Å². The summed E-state index contributed by atoms with van der Waals surface area (Å²) in [5.74, 6) is -0.372. The van der Waals surface area contributed by atoms with Gasteiger partial charge in [-0.05, 0) is 30.9 Å². The van der Waals surface area contributed by atoms with Crippen molar-refractivity contribution < 1.29 is 14.7 Å². The number of nitrogens with zero attached hydrogens (tertiary/aromatic N) is 2. The summed E-state index contributed by atoms with van der Waals surface area (Å²) in [6, 6.07) is 2.67. The molecule has 1 aliphatic heterocycles. The lowest BCUT2D eigenvalue weighted by molar-refractivity contribution is 0.0697. The number of anilines is 1. The molecule has 102 valence electrons. The predicted molar refractivity (Wildman–Crippen MR) is 70.2 cm³/mol. The number of nitrogens with one attached hydrogen (secondary N) is 1. The first kappa shape index (κ1) is 13.3. The largest absolute Gasteiger partial charge is 0.478 e. The molecule has 1 aliphatic rings. The van der Waals surface area contributed by atoms with Crippen molar-refractivity contribution in [3.8, 4) is 0 Å². The molecule has 0 aliphatic carbocycles. The third-order valence-corrected chi connectivity index (χ3v) is 3.33. The van der Waals surface area contributed by atoms with E-state index in [1.807, 2.05) is 0 Å². The molecule has 1 fully saturated rings. The second kappa shape index (κ2) is 5.69. The number of aromatic carboxylic acids is 1. The molecule has 2 N–H and O–H groups in total. The van der Waals surface area contributed by atoms with Crippen LogP contribution in [-0.4, -0.2) is 40.1 Å². The molecule has 6 nitrogen and oxygen atoms in total. The lowest BCUT2D eigenvalue weighted by Crippen LogP contribution is -2.40. The summed E-state index contributed by atoms with van der Waals surface area (Å²) in [4.78, 5) is 28.7. The Morgan fingerprint density at radius 3 is 2.74 bits per heavy atom. The molecule has 1 aromatic heterocycles. The summed E-state index contributed by atoms with van der Waals surface area (Å²) >= 11 is 0. The molecule has 0 saturated carbocycles. The SMILES string of the molecule is CC1CCN(C(=O)Nc2ncccc2C(=O)O)CC1. The zero-order valence-electron chi connectivity index (χ0n) is 10.8. The van der Waals surface area contributed by atoms with E-state index < -0.39 is 5.97 Å². The van der Waals surface area contributed by atoms with Crippen LogP contribution in [0.25, 0.3) is 0 Å².